The largest absolute Gasteiger partial charge is 0.494 e. The second-order valence-electron chi connectivity index (χ2n) is 6.93. The van der Waals surface area contributed by atoms with Crippen molar-refractivity contribution in [2.75, 3.05) is 6.61 Å². The van der Waals surface area contributed by atoms with E-state index in [0.29, 0.717) is 0 Å². The lowest BCUT2D eigenvalue weighted by Crippen LogP contribution is -1.96. The molecule has 1 radical (unpaired) electrons. The highest BCUT2D eigenvalue weighted by Gasteiger charge is 1.97. The van der Waals surface area contributed by atoms with E-state index in [1.807, 2.05) is 36.4 Å². The maximum Gasteiger partial charge on any atom is 0.119 e. The molecule has 0 N–H and O–H groups in total. The van der Waals surface area contributed by atoms with Crippen molar-refractivity contribution in [3.05, 3.63) is 61.0 Å². The summed E-state index contributed by atoms with van der Waals surface area (Å²) >= 11 is 0. The van der Waals surface area contributed by atoms with E-state index in [1.165, 1.54) is 44.1 Å². The fourth-order valence-corrected chi connectivity index (χ4v) is 2.86. The van der Waals surface area contributed by atoms with Gasteiger partial charge in [0.2, 0.25) is 0 Å². The third kappa shape index (κ3) is 8.85. The van der Waals surface area contributed by atoms with Gasteiger partial charge in [0, 0.05) is 0 Å². The van der Waals surface area contributed by atoms with Crippen LogP contribution in [0.15, 0.2) is 58.8 Å². The summed E-state index contributed by atoms with van der Waals surface area (Å²) in [5.74, 6) is 0.885. The van der Waals surface area contributed by atoms with Gasteiger partial charge in [-0.3, -0.25) is 0 Å². The lowest BCUT2D eigenvalue weighted by atomic mass is 10.1. The van der Waals surface area contributed by atoms with E-state index >= 15 is 0 Å². The summed E-state index contributed by atoms with van der Waals surface area (Å²) < 4.78 is 5.74. The standard InChI is InChI=1S/C24H33N2O/c1-3-5-7-9-11-21-12-14-22(15-13-21)25-26-23-16-18-24(19-17-23)27-20-10-8-6-4-2/h12-19H,2-11,20H2,1H3. The second-order valence-corrected chi connectivity index (χ2v) is 6.93. The molecular formula is C24H33N2O. The number of nitrogens with zero attached hydrogens (tertiary/aromatic N) is 2. The van der Waals surface area contributed by atoms with E-state index in [1.54, 1.807) is 0 Å². The number of rotatable bonds is 13. The summed E-state index contributed by atoms with van der Waals surface area (Å²) in [5.41, 5.74) is 3.10. The number of hydrogen-bond donors (Lipinski definition) is 0. The van der Waals surface area contributed by atoms with Crippen molar-refractivity contribution in [2.45, 2.75) is 64.7 Å². The van der Waals surface area contributed by atoms with Crippen LogP contribution in [0.4, 0.5) is 11.4 Å². The molecular weight excluding hydrogens is 332 g/mol. The van der Waals surface area contributed by atoms with Crippen molar-refractivity contribution in [1.29, 1.82) is 0 Å². The van der Waals surface area contributed by atoms with E-state index < -0.39 is 0 Å². The minimum absolute atomic E-state index is 0.756. The van der Waals surface area contributed by atoms with Crippen LogP contribution in [0.5, 0.6) is 5.75 Å². The molecule has 0 aromatic heterocycles. The van der Waals surface area contributed by atoms with Gasteiger partial charge in [0.1, 0.15) is 5.75 Å². The third-order valence-electron chi connectivity index (χ3n) is 4.54. The number of unbranched alkanes of at least 4 members (excludes halogenated alkanes) is 6. The first-order valence-corrected chi connectivity index (χ1v) is 10.3. The fraction of sp³-hybridized carbons (Fsp3) is 0.458. The van der Waals surface area contributed by atoms with E-state index in [4.69, 9.17) is 4.74 Å². The summed E-state index contributed by atoms with van der Waals surface area (Å²) in [6.45, 7) is 6.85. The first-order chi connectivity index (χ1) is 13.3. The van der Waals surface area contributed by atoms with Crippen molar-refractivity contribution in [2.24, 2.45) is 10.2 Å². The molecule has 0 saturated carbocycles. The Bertz CT molecular complexity index is 647. The Morgan fingerprint density at radius 3 is 2.00 bits per heavy atom. The average molecular weight is 366 g/mol. The molecule has 0 bridgehead atoms. The molecule has 0 unspecified atom stereocenters. The minimum Gasteiger partial charge on any atom is -0.494 e. The van der Waals surface area contributed by atoms with Crippen LogP contribution in [0, 0.1) is 6.92 Å². The van der Waals surface area contributed by atoms with Crippen LogP contribution in [-0.2, 0) is 6.42 Å². The summed E-state index contributed by atoms with van der Waals surface area (Å²) in [6, 6.07) is 16.2. The van der Waals surface area contributed by atoms with Crippen LogP contribution in [0.1, 0.15) is 63.9 Å². The van der Waals surface area contributed by atoms with E-state index in [0.717, 1.165) is 43.0 Å². The predicted octanol–water partition coefficient (Wildman–Crippen LogP) is 8.00. The van der Waals surface area contributed by atoms with E-state index in [-0.39, 0.29) is 0 Å². The number of ether oxygens (including phenoxy) is 1. The molecule has 3 heteroatoms. The zero-order valence-electron chi connectivity index (χ0n) is 16.7. The Morgan fingerprint density at radius 2 is 1.37 bits per heavy atom. The molecule has 2 rings (SSSR count). The van der Waals surface area contributed by atoms with Gasteiger partial charge in [-0.1, -0.05) is 64.5 Å². The Morgan fingerprint density at radius 1 is 0.741 bits per heavy atom. The van der Waals surface area contributed by atoms with Crippen molar-refractivity contribution in [3.8, 4) is 5.75 Å². The highest BCUT2D eigenvalue weighted by Crippen LogP contribution is 2.22. The zero-order valence-corrected chi connectivity index (χ0v) is 16.7. The van der Waals surface area contributed by atoms with Gasteiger partial charge in [-0.15, -0.1) is 0 Å². The van der Waals surface area contributed by atoms with Gasteiger partial charge in [0.15, 0.2) is 0 Å². The van der Waals surface area contributed by atoms with Gasteiger partial charge in [0.25, 0.3) is 0 Å². The van der Waals surface area contributed by atoms with Crippen molar-refractivity contribution >= 4 is 11.4 Å². The summed E-state index contributed by atoms with van der Waals surface area (Å²) in [7, 11) is 0. The van der Waals surface area contributed by atoms with Crippen LogP contribution in [0.3, 0.4) is 0 Å². The summed E-state index contributed by atoms with van der Waals surface area (Å²) in [6.07, 6.45) is 10.7. The number of aryl methyl sites for hydroxylation is 1. The first kappa shape index (κ1) is 21.1. The van der Waals surface area contributed by atoms with Gasteiger partial charge in [-0.2, -0.15) is 10.2 Å². The van der Waals surface area contributed by atoms with Crippen molar-refractivity contribution < 1.29 is 4.74 Å². The predicted molar refractivity (Wildman–Crippen MR) is 114 cm³/mol. The molecule has 0 aliphatic rings. The number of benzene rings is 2. The molecule has 27 heavy (non-hydrogen) atoms. The smallest absolute Gasteiger partial charge is 0.119 e. The molecule has 0 amide bonds. The van der Waals surface area contributed by atoms with Gasteiger partial charge < -0.3 is 4.74 Å². The van der Waals surface area contributed by atoms with Crippen LogP contribution in [0.2, 0.25) is 0 Å². The molecule has 0 aliphatic heterocycles. The monoisotopic (exact) mass is 365 g/mol. The van der Waals surface area contributed by atoms with Crippen LogP contribution < -0.4 is 4.74 Å². The van der Waals surface area contributed by atoms with Crippen LogP contribution in [0.25, 0.3) is 0 Å². The van der Waals surface area contributed by atoms with Crippen molar-refractivity contribution in [1.82, 2.24) is 0 Å². The Labute approximate surface area is 164 Å². The van der Waals surface area contributed by atoms with Gasteiger partial charge >= 0.3 is 0 Å². The number of azo groups is 1. The van der Waals surface area contributed by atoms with E-state index in [9.17, 15) is 0 Å². The average Bonchev–Trinajstić information content (AvgIpc) is 2.71. The Balaban J connectivity index is 1.76. The quantitative estimate of drug-likeness (QED) is 0.261. The number of hydrogen-bond acceptors (Lipinski definition) is 3. The molecule has 0 atom stereocenters. The van der Waals surface area contributed by atoms with Gasteiger partial charge in [0.05, 0.1) is 18.0 Å². The minimum atomic E-state index is 0.756. The molecule has 2 aromatic rings. The molecule has 0 fully saturated rings. The summed E-state index contributed by atoms with van der Waals surface area (Å²) in [4.78, 5) is 0. The molecule has 0 aliphatic carbocycles. The van der Waals surface area contributed by atoms with Crippen LogP contribution in [-0.4, -0.2) is 6.61 Å². The van der Waals surface area contributed by atoms with Gasteiger partial charge in [-0.25, -0.2) is 0 Å². The normalized spacial score (nSPS) is 11.2. The fourth-order valence-electron chi connectivity index (χ4n) is 2.86. The second kappa shape index (κ2) is 13.1. The highest BCUT2D eigenvalue weighted by molar-refractivity contribution is 5.43. The summed E-state index contributed by atoms with van der Waals surface area (Å²) in [5, 5.41) is 8.65. The molecule has 2 aromatic carbocycles. The van der Waals surface area contributed by atoms with E-state index in [2.05, 4.69) is 36.2 Å². The molecule has 145 valence electrons. The third-order valence-corrected chi connectivity index (χ3v) is 4.54. The lowest BCUT2D eigenvalue weighted by Gasteiger charge is -2.05. The first-order valence-electron chi connectivity index (χ1n) is 10.3. The zero-order chi connectivity index (χ0) is 19.2. The molecule has 0 spiro atoms. The molecule has 3 nitrogen and oxygen atoms in total. The Kier molecular flexibility index (Phi) is 10.2. The van der Waals surface area contributed by atoms with Crippen LogP contribution >= 0.6 is 0 Å². The topological polar surface area (TPSA) is 34.0 Å². The highest BCUT2D eigenvalue weighted by atomic mass is 16.5. The SMILES string of the molecule is [CH2]CCCCCOc1ccc(N=Nc2ccc(CCCCCC)cc2)cc1. The van der Waals surface area contributed by atoms with Crippen molar-refractivity contribution in [3.63, 3.8) is 0 Å². The maximum atomic E-state index is 5.74. The molecule has 0 heterocycles. The molecule has 0 saturated heterocycles. The lowest BCUT2D eigenvalue weighted by molar-refractivity contribution is 0.305. The maximum absolute atomic E-state index is 5.74. The van der Waals surface area contributed by atoms with Gasteiger partial charge in [-0.05, 0) is 61.2 Å². The Hall–Kier alpha value is -2.16.